The van der Waals surface area contributed by atoms with E-state index in [1.165, 1.54) is 31.4 Å². The molecule has 0 spiro atoms. The Labute approximate surface area is 160 Å². The van der Waals surface area contributed by atoms with Crippen molar-refractivity contribution in [3.63, 3.8) is 0 Å². The molecule has 25 heavy (non-hydrogen) atoms. The predicted molar refractivity (Wildman–Crippen MR) is 111 cm³/mol. The summed E-state index contributed by atoms with van der Waals surface area (Å²) in [4.78, 5) is 4.77. The topological polar surface area (TPSA) is 67.1 Å². The second kappa shape index (κ2) is 11.0. The lowest BCUT2D eigenvalue weighted by atomic mass is 9.95. The van der Waals surface area contributed by atoms with Gasteiger partial charge in [-0.25, -0.2) is 4.99 Å². The third kappa shape index (κ3) is 6.73. The number of thioether (sulfide) groups is 2. The molecule has 1 aromatic rings. The minimum atomic E-state index is 0.513. The van der Waals surface area contributed by atoms with Crippen molar-refractivity contribution in [2.24, 2.45) is 12.0 Å². The highest BCUT2D eigenvalue weighted by atomic mass is 32.2. The fourth-order valence-electron chi connectivity index (χ4n) is 3.00. The van der Waals surface area contributed by atoms with Gasteiger partial charge in [0.1, 0.15) is 12.4 Å². The number of aromatic nitrogens is 3. The van der Waals surface area contributed by atoms with Gasteiger partial charge in [-0.15, -0.1) is 10.2 Å². The minimum Gasteiger partial charge on any atom is -0.356 e. The summed E-state index contributed by atoms with van der Waals surface area (Å²) in [7, 11) is 1.99. The quantitative estimate of drug-likeness (QED) is 0.408. The number of aliphatic imine (C=N–C) groups is 1. The molecule has 8 heteroatoms. The molecule has 1 aliphatic carbocycles. The first kappa shape index (κ1) is 20.4. The van der Waals surface area contributed by atoms with Gasteiger partial charge in [0, 0.05) is 24.9 Å². The third-order valence-corrected chi connectivity index (χ3v) is 6.47. The summed E-state index contributed by atoms with van der Waals surface area (Å²) in [5, 5.41) is 16.2. The molecule has 2 N–H and O–H groups in total. The fraction of sp³-hybridized carbons (Fsp3) is 0.824. The largest absolute Gasteiger partial charge is 0.356 e. The van der Waals surface area contributed by atoms with E-state index in [1.807, 2.05) is 42.1 Å². The van der Waals surface area contributed by atoms with Crippen LogP contribution >= 0.6 is 23.5 Å². The van der Waals surface area contributed by atoms with Crippen LogP contribution in [-0.4, -0.2) is 56.8 Å². The monoisotopic (exact) mass is 384 g/mol. The van der Waals surface area contributed by atoms with Crippen molar-refractivity contribution in [1.82, 2.24) is 25.4 Å². The highest BCUT2D eigenvalue weighted by Crippen LogP contribution is 2.26. The van der Waals surface area contributed by atoms with Crippen molar-refractivity contribution in [1.29, 1.82) is 0 Å². The molecule has 1 saturated carbocycles. The van der Waals surface area contributed by atoms with Crippen LogP contribution in [0.15, 0.2) is 4.99 Å². The number of nitrogens with zero attached hydrogens (tertiary/aromatic N) is 4. The van der Waals surface area contributed by atoms with Crippen LogP contribution in [0.5, 0.6) is 0 Å². The van der Waals surface area contributed by atoms with E-state index in [1.54, 1.807) is 0 Å². The van der Waals surface area contributed by atoms with E-state index in [2.05, 4.69) is 33.3 Å². The Morgan fingerprint density at radius 1 is 1.32 bits per heavy atom. The predicted octanol–water partition coefficient (Wildman–Crippen LogP) is 2.59. The zero-order valence-electron chi connectivity index (χ0n) is 15.9. The van der Waals surface area contributed by atoms with Crippen molar-refractivity contribution in [2.45, 2.75) is 56.9 Å². The molecule has 2 atom stereocenters. The van der Waals surface area contributed by atoms with Crippen LogP contribution < -0.4 is 10.6 Å². The second-order valence-corrected chi connectivity index (χ2v) is 8.65. The van der Waals surface area contributed by atoms with Gasteiger partial charge in [-0.3, -0.25) is 0 Å². The molecule has 0 aromatic carbocycles. The van der Waals surface area contributed by atoms with Crippen LogP contribution in [0.4, 0.5) is 0 Å². The van der Waals surface area contributed by atoms with E-state index in [0.29, 0.717) is 12.6 Å². The SMILES string of the molecule is CSCCCNC(=NCc1nnc(C)n1C)NC1CCCC(SC)C1. The van der Waals surface area contributed by atoms with Crippen LogP contribution in [0, 0.1) is 6.92 Å². The summed E-state index contributed by atoms with van der Waals surface area (Å²) in [6.07, 6.45) is 10.6. The molecule has 1 aromatic heterocycles. The Balaban J connectivity index is 1.96. The highest BCUT2D eigenvalue weighted by molar-refractivity contribution is 7.99. The Morgan fingerprint density at radius 3 is 2.84 bits per heavy atom. The van der Waals surface area contributed by atoms with Crippen molar-refractivity contribution < 1.29 is 0 Å². The van der Waals surface area contributed by atoms with Gasteiger partial charge in [-0.05, 0) is 50.9 Å². The lowest BCUT2D eigenvalue weighted by Gasteiger charge is -2.30. The molecule has 0 bridgehead atoms. The number of nitrogens with one attached hydrogen (secondary N) is 2. The van der Waals surface area contributed by atoms with E-state index < -0.39 is 0 Å². The molecule has 0 amide bonds. The van der Waals surface area contributed by atoms with Gasteiger partial charge in [-0.1, -0.05) is 6.42 Å². The summed E-state index contributed by atoms with van der Waals surface area (Å²) < 4.78 is 2.00. The third-order valence-electron chi connectivity index (χ3n) is 4.68. The van der Waals surface area contributed by atoms with E-state index >= 15 is 0 Å². The van der Waals surface area contributed by atoms with Gasteiger partial charge in [0.25, 0.3) is 0 Å². The maximum Gasteiger partial charge on any atom is 0.191 e. The van der Waals surface area contributed by atoms with Gasteiger partial charge in [0.15, 0.2) is 11.8 Å². The molecule has 0 saturated heterocycles. The maximum atomic E-state index is 4.77. The van der Waals surface area contributed by atoms with Crippen LogP contribution in [0.3, 0.4) is 0 Å². The van der Waals surface area contributed by atoms with Crippen LogP contribution in [0.1, 0.15) is 43.8 Å². The van der Waals surface area contributed by atoms with E-state index in [0.717, 1.165) is 35.8 Å². The Morgan fingerprint density at radius 2 is 2.16 bits per heavy atom. The maximum absolute atomic E-state index is 4.77. The molecule has 1 fully saturated rings. The normalized spacial score (nSPS) is 21.4. The minimum absolute atomic E-state index is 0.513. The van der Waals surface area contributed by atoms with E-state index in [-0.39, 0.29) is 0 Å². The van der Waals surface area contributed by atoms with Crippen molar-refractivity contribution >= 4 is 29.5 Å². The van der Waals surface area contributed by atoms with Crippen molar-refractivity contribution in [2.75, 3.05) is 24.8 Å². The molecule has 1 heterocycles. The zero-order valence-corrected chi connectivity index (χ0v) is 17.5. The number of rotatable bonds is 8. The molecule has 6 nitrogen and oxygen atoms in total. The average Bonchev–Trinajstić information content (AvgIpc) is 2.95. The first-order chi connectivity index (χ1) is 12.1. The number of hydrogen-bond acceptors (Lipinski definition) is 5. The molecule has 0 aliphatic heterocycles. The average molecular weight is 385 g/mol. The summed E-state index contributed by atoms with van der Waals surface area (Å²) in [6.45, 7) is 3.46. The lowest BCUT2D eigenvalue weighted by Crippen LogP contribution is -2.46. The summed E-state index contributed by atoms with van der Waals surface area (Å²) >= 11 is 3.87. The zero-order chi connectivity index (χ0) is 18.1. The Bertz CT molecular complexity index is 545. The van der Waals surface area contributed by atoms with Crippen LogP contribution in [-0.2, 0) is 13.6 Å². The smallest absolute Gasteiger partial charge is 0.191 e. The number of hydrogen-bond donors (Lipinski definition) is 2. The van der Waals surface area contributed by atoms with Crippen molar-refractivity contribution in [3.8, 4) is 0 Å². The molecule has 142 valence electrons. The van der Waals surface area contributed by atoms with E-state index in [9.17, 15) is 0 Å². The van der Waals surface area contributed by atoms with Gasteiger partial charge in [0.2, 0.25) is 0 Å². The summed E-state index contributed by atoms with van der Waals surface area (Å²) in [5.41, 5.74) is 0. The van der Waals surface area contributed by atoms with Crippen LogP contribution in [0.25, 0.3) is 0 Å². The van der Waals surface area contributed by atoms with Gasteiger partial charge < -0.3 is 15.2 Å². The van der Waals surface area contributed by atoms with Gasteiger partial charge in [0.05, 0.1) is 0 Å². The first-order valence-electron chi connectivity index (χ1n) is 9.05. The molecule has 1 aliphatic rings. The Kier molecular flexibility index (Phi) is 8.95. The fourth-order valence-corrected chi connectivity index (χ4v) is 4.26. The first-order valence-corrected chi connectivity index (χ1v) is 11.7. The van der Waals surface area contributed by atoms with Gasteiger partial charge >= 0.3 is 0 Å². The molecule has 2 rings (SSSR count). The number of aryl methyl sites for hydroxylation is 1. The van der Waals surface area contributed by atoms with Crippen molar-refractivity contribution in [3.05, 3.63) is 11.6 Å². The Hall–Kier alpha value is -0.890. The summed E-state index contributed by atoms with van der Waals surface area (Å²) in [5.74, 6) is 3.89. The van der Waals surface area contributed by atoms with E-state index in [4.69, 9.17) is 4.99 Å². The van der Waals surface area contributed by atoms with Gasteiger partial charge in [-0.2, -0.15) is 23.5 Å². The molecule has 2 unspecified atom stereocenters. The van der Waals surface area contributed by atoms with Crippen LogP contribution in [0.2, 0.25) is 0 Å². The standard InChI is InChI=1S/C17H32N6S2/c1-13-21-22-16(23(13)2)12-19-17(18-9-6-10-24-3)20-14-7-5-8-15(11-14)25-4/h14-15H,5-12H2,1-4H3,(H2,18,19,20). The molecular formula is C17H32N6S2. The molecule has 0 radical (unpaired) electrons. The number of guanidine groups is 1. The lowest BCUT2D eigenvalue weighted by molar-refractivity contribution is 0.418. The summed E-state index contributed by atoms with van der Waals surface area (Å²) in [6, 6.07) is 0.513. The second-order valence-electron chi connectivity index (χ2n) is 6.53. The molecular weight excluding hydrogens is 352 g/mol. The highest BCUT2D eigenvalue weighted by Gasteiger charge is 2.22.